The van der Waals surface area contributed by atoms with Crippen LogP contribution in [0.5, 0.6) is 0 Å². The van der Waals surface area contributed by atoms with E-state index in [1.807, 2.05) is 31.2 Å². The van der Waals surface area contributed by atoms with Crippen LogP contribution in [-0.2, 0) is 4.79 Å². The number of piperazine rings is 1. The summed E-state index contributed by atoms with van der Waals surface area (Å²) in [6.45, 7) is 8.84. The van der Waals surface area contributed by atoms with Gasteiger partial charge in [0, 0.05) is 55.3 Å². The van der Waals surface area contributed by atoms with Crippen LogP contribution in [0.4, 0.5) is 5.69 Å². The summed E-state index contributed by atoms with van der Waals surface area (Å²) in [7, 11) is 2.21. The molecular formula is C22H33N5OS. The molecule has 2 unspecified atom stereocenters. The zero-order valence-electron chi connectivity index (χ0n) is 17.6. The van der Waals surface area contributed by atoms with Crippen LogP contribution in [0.25, 0.3) is 0 Å². The first kappa shape index (κ1) is 22.1. The molecule has 2 atom stereocenters. The second-order valence-corrected chi connectivity index (χ2v) is 9.69. The van der Waals surface area contributed by atoms with E-state index in [0.29, 0.717) is 19.0 Å². The molecule has 0 spiro atoms. The SMILES string of the molecule is CC(CC#N)Sc1ccccc1NC(=O)CN1CCN(C2CCCN(C)C2)CC1. The Bertz CT molecular complexity index is 713. The first-order valence-electron chi connectivity index (χ1n) is 10.6. The van der Waals surface area contributed by atoms with E-state index < -0.39 is 0 Å². The standard InChI is InChI=1S/C22H33N5OS/c1-18(9-10-23)29-21-8-4-3-7-20(21)24-22(28)17-26-12-14-27(15-13-26)19-6-5-11-25(2)16-19/h3-4,7-8,18-19H,5-6,9,11-17H2,1-2H3,(H,24,28). The van der Waals surface area contributed by atoms with Crippen molar-refractivity contribution in [2.75, 3.05) is 58.2 Å². The number of nitrogens with zero attached hydrogens (tertiary/aromatic N) is 4. The summed E-state index contributed by atoms with van der Waals surface area (Å²) >= 11 is 1.64. The molecule has 0 aliphatic carbocycles. The Hall–Kier alpha value is -1.59. The molecule has 1 aromatic rings. The quantitative estimate of drug-likeness (QED) is 0.691. The van der Waals surface area contributed by atoms with E-state index in [0.717, 1.165) is 36.8 Å². The van der Waals surface area contributed by atoms with Gasteiger partial charge in [0.2, 0.25) is 5.91 Å². The van der Waals surface area contributed by atoms with Crippen molar-refractivity contribution in [2.24, 2.45) is 0 Å². The lowest BCUT2D eigenvalue weighted by Crippen LogP contribution is -2.55. The number of likely N-dealkylation sites (N-methyl/N-ethyl adjacent to an activating group) is 1. The molecule has 2 aliphatic rings. The highest BCUT2D eigenvalue weighted by molar-refractivity contribution is 8.00. The number of nitriles is 1. The monoisotopic (exact) mass is 415 g/mol. The largest absolute Gasteiger partial charge is 0.324 e. The second kappa shape index (κ2) is 11.0. The van der Waals surface area contributed by atoms with Gasteiger partial charge in [0.25, 0.3) is 0 Å². The molecule has 2 saturated heterocycles. The summed E-state index contributed by atoms with van der Waals surface area (Å²) < 4.78 is 0. The number of carbonyl (C=O) groups is 1. The van der Waals surface area contributed by atoms with Crippen LogP contribution >= 0.6 is 11.8 Å². The number of benzene rings is 1. The Morgan fingerprint density at radius 1 is 1.28 bits per heavy atom. The van der Waals surface area contributed by atoms with Crippen molar-refractivity contribution >= 4 is 23.4 Å². The number of likely N-dealkylation sites (tertiary alicyclic amines) is 1. The second-order valence-electron chi connectivity index (χ2n) is 8.21. The third-order valence-electron chi connectivity index (χ3n) is 5.76. The molecule has 1 aromatic carbocycles. The Labute approximate surface area is 179 Å². The fourth-order valence-electron chi connectivity index (χ4n) is 4.18. The zero-order chi connectivity index (χ0) is 20.6. The third-order valence-corrected chi connectivity index (χ3v) is 6.94. The fourth-order valence-corrected chi connectivity index (χ4v) is 5.17. The molecule has 2 heterocycles. The summed E-state index contributed by atoms with van der Waals surface area (Å²) in [4.78, 5) is 21.0. The molecule has 2 aliphatic heterocycles. The molecule has 1 N–H and O–H groups in total. The number of rotatable bonds is 7. The molecule has 3 rings (SSSR count). The number of hydrogen-bond acceptors (Lipinski definition) is 6. The van der Waals surface area contributed by atoms with Crippen molar-refractivity contribution in [1.82, 2.24) is 14.7 Å². The van der Waals surface area contributed by atoms with Gasteiger partial charge in [0.05, 0.1) is 18.3 Å². The molecule has 7 heteroatoms. The Morgan fingerprint density at radius 2 is 2.03 bits per heavy atom. The molecule has 2 fully saturated rings. The maximum absolute atomic E-state index is 12.6. The van der Waals surface area contributed by atoms with Crippen LogP contribution in [0.3, 0.4) is 0 Å². The Kier molecular flexibility index (Phi) is 8.37. The number of thioether (sulfide) groups is 1. The summed E-state index contributed by atoms with van der Waals surface area (Å²) in [5.74, 6) is 0.0387. The average Bonchev–Trinajstić information content (AvgIpc) is 2.70. The number of hydrogen-bond donors (Lipinski definition) is 1. The van der Waals surface area contributed by atoms with Gasteiger partial charge >= 0.3 is 0 Å². The molecule has 0 saturated carbocycles. The van der Waals surface area contributed by atoms with Gasteiger partial charge in [-0.1, -0.05) is 19.1 Å². The van der Waals surface area contributed by atoms with Crippen molar-refractivity contribution in [1.29, 1.82) is 5.26 Å². The van der Waals surface area contributed by atoms with Crippen LogP contribution in [0, 0.1) is 11.3 Å². The molecule has 0 radical (unpaired) electrons. The highest BCUT2D eigenvalue weighted by Crippen LogP contribution is 2.31. The van der Waals surface area contributed by atoms with Crippen molar-refractivity contribution in [3.8, 4) is 6.07 Å². The van der Waals surface area contributed by atoms with Crippen LogP contribution in [-0.4, -0.2) is 84.8 Å². The highest BCUT2D eigenvalue weighted by Gasteiger charge is 2.27. The van der Waals surface area contributed by atoms with Crippen molar-refractivity contribution in [3.63, 3.8) is 0 Å². The zero-order valence-corrected chi connectivity index (χ0v) is 18.5. The van der Waals surface area contributed by atoms with Gasteiger partial charge in [-0.2, -0.15) is 5.26 Å². The van der Waals surface area contributed by atoms with Gasteiger partial charge in [-0.15, -0.1) is 11.8 Å². The van der Waals surface area contributed by atoms with Crippen molar-refractivity contribution < 1.29 is 4.79 Å². The van der Waals surface area contributed by atoms with E-state index in [9.17, 15) is 4.79 Å². The topological polar surface area (TPSA) is 62.6 Å². The summed E-state index contributed by atoms with van der Waals surface area (Å²) in [5, 5.41) is 12.2. The summed E-state index contributed by atoms with van der Waals surface area (Å²) in [6, 6.07) is 10.7. The maximum Gasteiger partial charge on any atom is 0.238 e. The highest BCUT2D eigenvalue weighted by atomic mass is 32.2. The van der Waals surface area contributed by atoms with E-state index >= 15 is 0 Å². The lowest BCUT2D eigenvalue weighted by atomic mass is 10.0. The van der Waals surface area contributed by atoms with Crippen LogP contribution < -0.4 is 5.32 Å². The minimum absolute atomic E-state index is 0.0387. The number of carbonyl (C=O) groups excluding carboxylic acids is 1. The van der Waals surface area contributed by atoms with E-state index in [1.165, 1.54) is 25.9 Å². The van der Waals surface area contributed by atoms with Crippen LogP contribution in [0.2, 0.25) is 0 Å². The van der Waals surface area contributed by atoms with Gasteiger partial charge in [0.1, 0.15) is 0 Å². The number of piperidine rings is 1. The predicted molar refractivity (Wildman–Crippen MR) is 119 cm³/mol. The number of amides is 1. The van der Waals surface area contributed by atoms with E-state index in [4.69, 9.17) is 5.26 Å². The third kappa shape index (κ3) is 6.71. The summed E-state index contributed by atoms with van der Waals surface area (Å²) in [6.07, 6.45) is 3.08. The average molecular weight is 416 g/mol. The fraction of sp³-hybridized carbons (Fsp3) is 0.636. The predicted octanol–water partition coefficient (Wildman–Crippen LogP) is 2.73. The molecule has 6 nitrogen and oxygen atoms in total. The van der Waals surface area contributed by atoms with Gasteiger partial charge < -0.3 is 10.2 Å². The number of anilines is 1. The van der Waals surface area contributed by atoms with Crippen molar-refractivity contribution in [2.45, 2.75) is 42.4 Å². The van der Waals surface area contributed by atoms with Gasteiger partial charge in [0.15, 0.2) is 0 Å². The molecule has 1 amide bonds. The molecule has 0 aromatic heterocycles. The van der Waals surface area contributed by atoms with E-state index in [-0.39, 0.29) is 11.2 Å². The molecule has 29 heavy (non-hydrogen) atoms. The number of para-hydroxylation sites is 1. The Morgan fingerprint density at radius 3 is 2.76 bits per heavy atom. The summed E-state index contributed by atoms with van der Waals surface area (Å²) in [5.41, 5.74) is 0.844. The van der Waals surface area contributed by atoms with Crippen molar-refractivity contribution in [3.05, 3.63) is 24.3 Å². The smallest absolute Gasteiger partial charge is 0.238 e. The van der Waals surface area contributed by atoms with E-state index in [2.05, 4.69) is 33.1 Å². The first-order chi connectivity index (χ1) is 14.0. The minimum atomic E-state index is 0.0387. The minimum Gasteiger partial charge on any atom is -0.324 e. The Balaban J connectivity index is 1.46. The van der Waals surface area contributed by atoms with Gasteiger partial charge in [-0.3, -0.25) is 14.6 Å². The lowest BCUT2D eigenvalue weighted by Gasteiger charge is -2.42. The molecule has 0 bridgehead atoms. The first-order valence-corrected chi connectivity index (χ1v) is 11.5. The van der Waals surface area contributed by atoms with E-state index in [1.54, 1.807) is 11.8 Å². The van der Waals surface area contributed by atoms with Crippen LogP contribution in [0.1, 0.15) is 26.2 Å². The molecular weight excluding hydrogens is 382 g/mol. The van der Waals surface area contributed by atoms with Crippen LogP contribution in [0.15, 0.2) is 29.2 Å². The normalized spacial score (nSPS) is 22.7. The maximum atomic E-state index is 12.6. The molecule has 158 valence electrons. The number of nitrogens with one attached hydrogen (secondary N) is 1. The van der Waals surface area contributed by atoms with Gasteiger partial charge in [-0.05, 0) is 38.6 Å². The lowest BCUT2D eigenvalue weighted by molar-refractivity contribution is -0.117. The van der Waals surface area contributed by atoms with Gasteiger partial charge in [-0.25, -0.2) is 0 Å².